The van der Waals surface area contributed by atoms with Crippen molar-refractivity contribution in [1.82, 2.24) is 10.2 Å². The minimum absolute atomic E-state index is 0.483. The quantitative estimate of drug-likeness (QED) is 0.646. The monoisotopic (exact) mass is 399 g/mol. The molecule has 0 aromatic heterocycles. The predicted octanol–water partition coefficient (Wildman–Crippen LogP) is 1.65. The van der Waals surface area contributed by atoms with E-state index in [9.17, 15) is 13.5 Å². The Morgan fingerprint density at radius 1 is 1.15 bits per heavy atom. The van der Waals surface area contributed by atoms with E-state index in [1.807, 2.05) is 13.8 Å². The summed E-state index contributed by atoms with van der Waals surface area (Å²) < 4.78 is 32.1. The number of aliphatic hydroxyl groups excluding tert-OH is 1. The van der Waals surface area contributed by atoms with Crippen LogP contribution >= 0.6 is 0 Å². The zero-order valence-corrected chi connectivity index (χ0v) is 17.8. The minimum atomic E-state index is -3.47. The lowest BCUT2D eigenvalue weighted by atomic mass is 10.0. The van der Waals surface area contributed by atoms with Gasteiger partial charge in [-0.25, -0.2) is 8.42 Å². The van der Waals surface area contributed by atoms with E-state index in [1.165, 1.54) is 0 Å². The zero-order valence-electron chi connectivity index (χ0n) is 16.9. The van der Waals surface area contributed by atoms with Gasteiger partial charge in [0.25, 0.3) is 0 Å². The molecule has 154 valence electrons. The smallest absolute Gasteiger partial charge is 0.237 e. The van der Waals surface area contributed by atoms with Crippen LogP contribution in [0, 0.1) is 0 Å². The van der Waals surface area contributed by atoms with Gasteiger partial charge in [0, 0.05) is 38.4 Å². The van der Waals surface area contributed by atoms with Gasteiger partial charge in [-0.05, 0) is 58.9 Å². The highest BCUT2D eigenvalue weighted by Crippen LogP contribution is 2.25. The molecule has 1 fully saturated rings. The summed E-state index contributed by atoms with van der Waals surface area (Å²) in [6.07, 6.45) is -0.644. The Morgan fingerprint density at radius 3 is 2.22 bits per heavy atom. The Hall–Kier alpha value is -1.35. The van der Waals surface area contributed by atoms with Gasteiger partial charge in [-0.2, -0.15) is 0 Å². The number of aliphatic hydroxyl groups is 1. The molecule has 0 bridgehead atoms. The molecule has 8 heteroatoms. The number of sulfonamides is 1. The summed E-state index contributed by atoms with van der Waals surface area (Å²) in [7, 11) is -3.47. The summed E-state index contributed by atoms with van der Waals surface area (Å²) in [6, 6.07) is 6.74. The van der Waals surface area contributed by atoms with Crippen molar-refractivity contribution in [2.75, 3.05) is 37.4 Å². The summed E-state index contributed by atoms with van der Waals surface area (Å²) in [5.41, 5.74) is -0.284. The number of β-amino-alcohol motifs (C(OH)–C–C–N with tert-alkyl or cyclic N) is 1. The highest BCUT2D eigenvalue weighted by atomic mass is 32.2. The van der Waals surface area contributed by atoms with Crippen molar-refractivity contribution in [1.29, 1.82) is 0 Å². The van der Waals surface area contributed by atoms with E-state index in [0.29, 0.717) is 18.0 Å². The number of nitrogens with one attached hydrogen (secondary N) is 2. The molecule has 0 amide bonds. The van der Waals surface area contributed by atoms with Crippen LogP contribution in [-0.4, -0.2) is 67.6 Å². The van der Waals surface area contributed by atoms with Crippen molar-refractivity contribution in [2.45, 2.75) is 51.1 Å². The molecule has 1 saturated heterocycles. The van der Waals surface area contributed by atoms with Crippen LogP contribution in [0.2, 0.25) is 0 Å². The van der Waals surface area contributed by atoms with Gasteiger partial charge in [-0.1, -0.05) is 0 Å². The van der Waals surface area contributed by atoms with Crippen molar-refractivity contribution in [2.24, 2.45) is 0 Å². The van der Waals surface area contributed by atoms with Crippen molar-refractivity contribution < 1.29 is 18.3 Å². The average molecular weight is 400 g/mol. The standard InChI is InChI=1S/C19H33N3O4S/c1-18(2,3)27(24,25)21-15-6-8-16(9-7-15)26-19(4,5)17(23)14-22-12-10-20-11-13-22/h6-9,17,20-21,23H,10-14H2,1-5H3. The fourth-order valence-corrected chi connectivity index (χ4v) is 3.38. The number of ether oxygens (including phenoxy) is 1. The van der Waals surface area contributed by atoms with Crippen molar-refractivity contribution in [3.05, 3.63) is 24.3 Å². The molecular weight excluding hydrogens is 366 g/mol. The highest BCUT2D eigenvalue weighted by molar-refractivity contribution is 7.94. The van der Waals surface area contributed by atoms with Gasteiger partial charge in [0.1, 0.15) is 17.5 Å². The van der Waals surface area contributed by atoms with Crippen LogP contribution in [0.1, 0.15) is 34.6 Å². The van der Waals surface area contributed by atoms with Gasteiger partial charge in [-0.3, -0.25) is 9.62 Å². The fraction of sp³-hybridized carbons (Fsp3) is 0.684. The number of hydrogen-bond acceptors (Lipinski definition) is 6. The number of benzene rings is 1. The third-order valence-electron chi connectivity index (χ3n) is 4.74. The molecule has 0 saturated carbocycles. The number of hydrogen-bond donors (Lipinski definition) is 3. The molecule has 27 heavy (non-hydrogen) atoms. The lowest BCUT2D eigenvalue weighted by Gasteiger charge is -2.36. The maximum absolute atomic E-state index is 12.2. The van der Waals surface area contributed by atoms with E-state index < -0.39 is 26.5 Å². The Morgan fingerprint density at radius 2 is 1.70 bits per heavy atom. The normalized spacial score (nSPS) is 18.1. The first-order chi connectivity index (χ1) is 12.4. The van der Waals surface area contributed by atoms with Crippen LogP contribution < -0.4 is 14.8 Å². The molecule has 1 unspecified atom stereocenters. The largest absolute Gasteiger partial charge is 0.485 e. The van der Waals surface area contributed by atoms with Gasteiger partial charge < -0.3 is 15.2 Å². The van der Waals surface area contributed by atoms with Gasteiger partial charge in [-0.15, -0.1) is 0 Å². The molecule has 2 rings (SSSR count). The van der Waals surface area contributed by atoms with E-state index in [0.717, 1.165) is 26.2 Å². The Bertz CT molecular complexity index is 705. The Labute approximate surface area is 163 Å². The number of nitrogens with zero attached hydrogens (tertiary/aromatic N) is 1. The molecule has 1 aromatic carbocycles. The third-order valence-corrected chi connectivity index (χ3v) is 6.85. The maximum Gasteiger partial charge on any atom is 0.237 e. The first-order valence-corrected chi connectivity index (χ1v) is 10.8. The second-order valence-electron chi connectivity index (χ2n) is 8.51. The van der Waals surface area contributed by atoms with Crippen LogP contribution in [0.25, 0.3) is 0 Å². The average Bonchev–Trinajstić information content (AvgIpc) is 2.56. The first kappa shape index (κ1) is 21.9. The minimum Gasteiger partial charge on any atom is -0.485 e. The summed E-state index contributed by atoms with van der Waals surface area (Å²) in [4.78, 5) is 2.22. The maximum atomic E-state index is 12.2. The number of piperazine rings is 1. The lowest BCUT2D eigenvalue weighted by molar-refractivity contribution is -0.0455. The van der Waals surface area contributed by atoms with Gasteiger partial charge in [0.15, 0.2) is 0 Å². The summed E-state index contributed by atoms with van der Waals surface area (Å²) >= 11 is 0. The first-order valence-electron chi connectivity index (χ1n) is 9.33. The molecule has 0 spiro atoms. The molecule has 0 radical (unpaired) electrons. The second kappa shape index (κ2) is 8.34. The Balaban J connectivity index is 1.97. The van der Waals surface area contributed by atoms with E-state index in [1.54, 1.807) is 45.0 Å². The molecule has 1 aliphatic heterocycles. The molecule has 0 aliphatic carbocycles. The SMILES string of the molecule is CC(C)(Oc1ccc(NS(=O)(=O)C(C)(C)C)cc1)C(O)CN1CCNCC1. The van der Waals surface area contributed by atoms with Crippen LogP contribution in [0.4, 0.5) is 5.69 Å². The van der Waals surface area contributed by atoms with Crippen LogP contribution in [0.15, 0.2) is 24.3 Å². The molecule has 1 aliphatic rings. The predicted molar refractivity (Wildman–Crippen MR) is 109 cm³/mol. The third kappa shape index (κ3) is 6.07. The lowest BCUT2D eigenvalue weighted by Crippen LogP contribution is -2.52. The topological polar surface area (TPSA) is 90.9 Å². The van der Waals surface area contributed by atoms with E-state index >= 15 is 0 Å². The summed E-state index contributed by atoms with van der Waals surface area (Å²) in [5, 5.41) is 13.9. The van der Waals surface area contributed by atoms with Gasteiger partial charge >= 0.3 is 0 Å². The van der Waals surface area contributed by atoms with E-state index in [-0.39, 0.29) is 0 Å². The van der Waals surface area contributed by atoms with Crippen LogP contribution in [0.3, 0.4) is 0 Å². The summed E-state index contributed by atoms with van der Waals surface area (Å²) in [6.45, 7) is 12.9. The highest BCUT2D eigenvalue weighted by Gasteiger charge is 2.32. The molecule has 3 N–H and O–H groups in total. The fourth-order valence-electron chi connectivity index (χ4n) is 2.63. The molecule has 1 aromatic rings. The van der Waals surface area contributed by atoms with Crippen molar-refractivity contribution in [3.63, 3.8) is 0 Å². The number of anilines is 1. The molecule has 1 atom stereocenters. The van der Waals surface area contributed by atoms with Crippen molar-refractivity contribution >= 4 is 15.7 Å². The number of rotatable bonds is 7. The molecule has 1 heterocycles. The molecular formula is C19H33N3O4S. The second-order valence-corrected chi connectivity index (χ2v) is 10.9. The van der Waals surface area contributed by atoms with Crippen LogP contribution in [0.5, 0.6) is 5.75 Å². The van der Waals surface area contributed by atoms with E-state index in [2.05, 4.69) is 14.9 Å². The van der Waals surface area contributed by atoms with E-state index in [4.69, 9.17) is 4.74 Å². The van der Waals surface area contributed by atoms with Gasteiger partial charge in [0.05, 0.1) is 4.75 Å². The zero-order chi connectivity index (χ0) is 20.3. The Kier molecular flexibility index (Phi) is 6.78. The van der Waals surface area contributed by atoms with Crippen molar-refractivity contribution in [3.8, 4) is 5.75 Å². The van der Waals surface area contributed by atoms with Crippen LogP contribution in [-0.2, 0) is 10.0 Å². The van der Waals surface area contributed by atoms with Gasteiger partial charge in [0.2, 0.25) is 10.0 Å². The summed E-state index contributed by atoms with van der Waals surface area (Å²) in [5.74, 6) is 0.582. The molecule has 7 nitrogen and oxygen atoms in total.